The van der Waals surface area contributed by atoms with Crippen molar-refractivity contribution >= 4 is 34.9 Å². The monoisotopic (exact) mass is 360 g/mol. The molecule has 2 saturated heterocycles. The number of nitrogens with zero attached hydrogens (tertiary/aromatic N) is 4. The molecule has 4 rings (SSSR count). The van der Waals surface area contributed by atoms with E-state index in [-0.39, 0.29) is 0 Å². The molecule has 6 nitrogen and oxygen atoms in total. The summed E-state index contributed by atoms with van der Waals surface area (Å²) < 4.78 is 0. The van der Waals surface area contributed by atoms with Crippen molar-refractivity contribution < 1.29 is 0 Å². The third-order valence-electron chi connectivity index (χ3n) is 5.36. The zero-order valence-corrected chi connectivity index (χ0v) is 15.8. The number of aromatic nitrogens is 2. The van der Waals surface area contributed by atoms with Gasteiger partial charge >= 0.3 is 0 Å². The van der Waals surface area contributed by atoms with Crippen molar-refractivity contribution in [2.24, 2.45) is 0 Å². The number of nitrogens with one attached hydrogen (secondary N) is 2. The van der Waals surface area contributed by atoms with Crippen LogP contribution < -0.4 is 20.4 Å². The Balaban J connectivity index is 1.58. The van der Waals surface area contributed by atoms with Crippen LogP contribution in [-0.4, -0.2) is 46.8 Å². The maximum Gasteiger partial charge on any atom is 0.232 e. The van der Waals surface area contributed by atoms with Gasteiger partial charge in [0.1, 0.15) is 11.6 Å². The van der Waals surface area contributed by atoms with E-state index in [1.54, 1.807) is 0 Å². The van der Waals surface area contributed by atoms with Crippen LogP contribution in [0.2, 0.25) is 0 Å². The first kappa shape index (κ1) is 16.8. The van der Waals surface area contributed by atoms with Crippen LogP contribution in [0.3, 0.4) is 0 Å². The number of anilines is 3. The molecule has 1 unspecified atom stereocenters. The lowest BCUT2D eigenvalue weighted by Crippen LogP contribution is -2.38. The molecular formula is C18H28N6S. The molecular weight excluding hydrogens is 332 g/mol. The summed E-state index contributed by atoms with van der Waals surface area (Å²) in [5, 5.41) is 7.17. The summed E-state index contributed by atoms with van der Waals surface area (Å²) in [7, 11) is 0. The van der Waals surface area contributed by atoms with E-state index in [1.807, 2.05) is 0 Å². The molecule has 0 bridgehead atoms. The van der Waals surface area contributed by atoms with E-state index in [4.69, 9.17) is 22.2 Å². The third kappa shape index (κ3) is 4.14. The summed E-state index contributed by atoms with van der Waals surface area (Å²) in [6.45, 7) is 5.53. The predicted molar refractivity (Wildman–Crippen MR) is 107 cm³/mol. The zero-order chi connectivity index (χ0) is 17.2. The third-order valence-corrected chi connectivity index (χ3v) is 5.58. The summed E-state index contributed by atoms with van der Waals surface area (Å²) >= 11 is 5.42. The van der Waals surface area contributed by atoms with Gasteiger partial charge in [0, 0.05) is 37.8 Å². The van der Waals surface area contributed by atoms with Crippen molar-refractivity contribution in [2.75, 3.05) is 34.8 Å². The Morgan fingerprint density at radius 3 is 2.48 bits per heavy atom. The van der Waals surface area contributed by atoms with E-state index in [2.05, 4.69) is 33.4 Å². The maximum atomic E-state index is 5.42. The predicted octanol–water partition coefficient (Wildman–Crippen LogP) is 2.90. The standard InChI is InChI=1S/C18H28N6S/c1-13-6-2-3-11-24(13)16-12-15(23-9-4-5-10-23)20-17(21-16)22-18(25)19-14-7-8-14/h12-14H,2-11H2,1H3,(H2,19,20,21,22,25). The summed E-state index contributed by atoms with van der Waals surface area (Å²) in [4.78, 5) is 14.3. The Kier molecular flexibility index (Phi) is 4.92. The lowest BCUT2D eigenvalue weighted by molar-refractivity contribution is 0.481. The zero-order valence-electron chi connectivity index (χ0n) is 15.0. The normalized spacial score (nSPS) is 23.6. The Morgan fingerprint density at radius 2 is 1.76 bits per heavy atom. The molecule has 136 valence electrons. The highest BCUT2D eigenvalue weighted by Crippen LogP contribution is 2.28. The minimum atomic E-state index is 0.527. The van der Waals surface area contributed by atoms with E-state index in [0.29, 0.717) is 23.1 Å². The van der Waals surface area contributed by atoms with Crippen molar-refractivity contribution in [3.8, 4) is 0 Å². The van der Waals surface area contributed by atoms with E-state index in [9.17, 15) is 0 Å². The summed E-state index contributed by atoms with van der Waals surface area (Å²) in [5.74, 6) is 2.67. The largest absolute Gasteiger partial charge is 0.360 e. The van der Waals surface area contributed by atoms with Crippen LogP contribution in [0.5, 0.6) is 0 Å². The minimum Gasteiger partial charge on any atom is -0.360 e. The van der Waals surface area contributed by atoms with Crippen LogP contribution in [0.25, 0.3) is 0 Å². The van der Waals surface area contributed by atoms with Crippen molar-refractivity contribution in [2.45, 2.75) is 64.0 Å². The fourth-order valence-corrected chi connectivity index (χ4v) is 3.98. The van der Waals surface area contributed by atoms with Crippen molar-refractivity contribution in [3.63, 3.8) is 0 Å². The van der Waals surface area contributed by atoms with Crippen LogP contribution in [-0.2, 0) is 0 Å². The van der Waals surface area contributed by atoms with Gasteiger partial charge < -0.3 is 20.4 Å². The molecule has 0 amide bonds. The highest BCUT2D eigenvalue weighted by Gasteiger charge is 2.24. The number of hydrogen-bond acceptors (Lipinski definition) is 5. The maximum absolute atomic E-state index is 5.42. The van der Waals surface area contributed by atoms with Crippen LogP contribution in [0.1, 0.15) is 51.9 Å². The molecule has 1 atom stereocenters. The van der Waals surface area contributed by atoms with E-state index < -0.39 is 0 Å². The first-order valence-electron chi connectivity index (χ1n) is 9.67. The highest BCUT2D eigenvalue weighted by molar-refractivity contribution is 7.80. The number of hydrogen-bond donors (Lipinski definition) is 2. The average Bonchev–Trinajstić information content (AvgIpc) is 3.24. The molecule has 0 aromatic carbocycles. The van der Waals surface area contributed by atoms with Gasteiger partial charge in [-0.3, -0.25) is 0 Å². The number of piperidine rings is 1. The van der Waals surface area contributed by atoms with Crippen molar-refractivity contribution in [1.29, 1.82) is 0 Å². The van der Waals surface area contributed by atoms with E-state index in [1.165, 1.54) is 44.9 Å². The van der Waals surface area contributed by atoms with Crippen LogP contribution in [0, 0.1) is 0 Å². The molecule has 1 aromatic rings. The van der Waals surface area contributed by atoms with Gasteiger partial charge in [-0.15, -0.1) is 0 Å². The first-order chi connectivity index (χ1) is 12.2. The molecule has 1 saturated carbocycles. The fourth-order valence-electron chi connectivity index (χ4n) is 3.72. The minimum absolute atomic E-state index is 0.527. The molecule has 3 fully saturated rings. The summed E-state index contributed by atoms with van der Waals surface area (Å²) in [6, 6.07) is 3.22. The van der Waals surface area contributed by atoms with Crippen LogP contribution >= 0.6 is 12.2 Å². The van der Waals surface area contributed by atoms with Gasteiger partial charge in [-0.05, 0) is 64.1 Å². The second kappa shape index (κ2) is 7.32. The molecule has 1 aromatic heterocycles. The second-order valence-corrected chi connectivity index (χ2v) is 7.92. The molecule has 0 spiro atoms. The van der Waals surface area contributed by atoms with Gasteiger partial charge in [0.15, 0.2) is 5.11 Å². The SMILES string of the molecule is CC1CCCCN1c1cc(N2CCCC2)nc(NC(=S)NC2CC2)n1. The second-order valence-electron chi connectivity index (χ2n) is 7.51. The smallest absolute Gasteiger partial charge is 0.232 e. The molecule has 3 heterocycles. The quantitative estimate of drug-likeness (QED) is 0.801. The summed E-state index contributed by atoms with van der Waals surface area (Å²) in [5.41, 5.74) is 0. The molecule has 7 heteroatoms. The highest BCUT2D eigenvalue weighted by atomic mass is 32.1. The van der Waals surface area contributed by atoms with E-state index >= 15 is 0 Å². The average molecular weight is 361 g/mol. The molecule has 1 aliphatic carbocycles. The molecule has 2 aliphatic heterocycles. The molecule has 0 radical (unpaired) electrons. The number of thiocarbonyl (C=S) groups is 1. The molecule has 3 aliphatic rings. The van der Waals surface area contributed by atoms with Gasteiger partial charge in [-0.2, -0.15) is 9.97 Å². The van der Waals surface area contributed by atoms with Gasteiger partial charge in [-0.1, -0.05) is 0 Å². The van der Waals surface area contributed by atoms with Gasteiger partial charge in [0.05, 0.1) is 0 Å². The molecule has 25 heavy (non-hydrogen) atoms. The van der Waals surface area contributed by atoms with Crippen molar-refractivity contribution in [1.82, 2.24) is 15.3 Å². The van der Waals surface area contributed by atoms with Crippen LogP contribution in [0.15, 0.2) is 6.07 Å². The van der Waals surface area contributed by atoms with E-state index in [0.717, 1.165) is 31.3 Å². The molecule has 2 N–H and O–H groups in total. The van der Waals surface area contributed by atoms with Gasteiger partial charge in [0.25, 0.3) is 0 Å². The Bertz CT molecular complexity index is 626. The Hall–Kier alpha value is -1.63. The van der Waals surface area contributed by atoms with Crippen LogP contribution in [0.4, 0.5) is 17.6 Å². The Morgan fingerprint density at radius 1 is 1.04 bits per heavy atom. The first-order valence-corrected chi connectivity index (χ1v) is 10.1. The lowest BCUT2D eigenvalue weighted by atomic mass is 10.0. The lowest BCUT2D eigenvalue weighted by Gasteiger charge is -2.35. The fraction of sp³-hybridized carbons (Fsp3) is 0.722. The summed E-state index contributed by atoms with van der Waals surface area (Å²) in [6.07, 6.45) is 8.65. The Labute approximate surface area is 155 Å². The topological polar surface area (TPSA) is 56.3 Å². The van der Waals surface area contributed by atoms with Gasteiger partial charge in [-0.25, -0.2) is 0 Å². The van der Waals surface area contributed by atoms with Crippen molar-refractivity contribution in [3.05, 3.63) is 6.07 Å². The van der Waals surface area contributed by atoms with Gasteiger partial charge in [0.2, 0.25) is 5.95 Å². The number of rotatable bonds is 4.